The molecule has 0 aliphatic rings. The average molecular weight is 410 g/mol. The van der Waals surface area contributed by atoms with E-state index in [0.29, 0.717) is 11.8 Å². The summed E-state index contributed by atoms with van der Waals surface area (Å²) in [6.07, 6.45) is -0.245. The maximum Gasteiger partial charge on any atom is 0.335 e. The predicted molar refractivity (Wildman–Crippen MR) is 109 cm³/mol. The van der Waals surface area contributed by atoms with Gasteiger partial charge in [-0.3, -0.25) is 15.3 Å². The number of benzene rings is 3. The van der Waals surface area contributed by atoms with E-state index in [0.717, 1.165) is 16.7 Å². The van der Waals surface area contributed by atoms with Crippen molar-refractivity contribution in [2.75, 3.05) is 0 Å². The Morgan fingerprint density at radius 3 is 1.80 bits per heavy atom. The van der Waals surface area contributed by atoms with Crippen LogP contribution in [0.5, 0.6) is 0 Å². The summed E-state index contributed by atoms with van der Waals surface area (Å²) in [7, 11) is 0. The van der Waals surface area contributed by atoms with E-state index in [-0.39, 0.29) is 11.7 Å². The molecule has 0 amide bonds. The van der Waals surface area contributed by atoms with Crippen LogP contribution in [0.15, 0.2) is 78.9 Å². The molecule has 2 atom stereocenters. The Hall–Kier alpha value is -3.36. The van der Waals surface area contributed by atoms with E-state index in [2.05, 4.69) is 9.78 Å². The second-order valence-electron chi connectivity index (χ2n) is 6.36. The highest BCUT2D eigenvalue weighted by Gasteiger charge is 2.15. The number of carboxylic acids is 1. The number of carbonyl (C=O) groups excluding carboxylic acids is 1. The van der Waals surface area contributed by atoms with Gasteiger partial charge in [-0.25, -0.2) is 14.6 Å². The maximum atomic E-state index is 10.3. The molecule has 2 unspecified atom stereocenters. The van der Waals surface area contributed by atoms with Gasteiger partial charge in [0.15, 0.2) is 0 Å². The first kappa shape index (κ1) is 22.9. The fourth-order valence-corrected chi connectivity index (χ4v) is 2.65. The van der Waals surface area contributed by atoms with Crippen LogP contribution in [0.3, 0.4) is 0 Å². The Labute approximate surface area is 173 Å². The van der Waals surface area contributed by atoms with Crippen LogP contribution in [0.4, 0.5) is 0 Å². The summed E-state index contributed by atoms with van der Waals surface area (Å²) in [5.41, 5.74) is 3.20. The Morgan fingerprint density at radius 2 is 1.33 bits per heavy atom. The smallest absolute Gasteiger partial charge is 0.335 e. The quantitative estimate of drug-likeness (QED) is 0.285. The van der Waals surface area contributed by atoms with Crippen molar-refractivity contribution in [2.45, 2.75) is 19.1 Å². The van der Waals surface area contributed by atoms with E-state index >= 15 is 0 Å². The molecule has 0 saturated carbocycles. The van der Waals surface area contributed by atoms with Crippen LogP contribution in [0.1, 0.15) is 56.5 Å². The Kier molecular flexibility index (Phi) is 8.86. The monoisotopic (exact) mass is 410 g/mol. The van der Waals surface area contributed by atoms with E-state index in [1.165, 1.54) is 24.3 Å². The molecule has 0 heterocycles. The summed E-state index contributed by atoms with van der Waals surface area (Å²) < 4.78 is 0. The summed E-state index contributed by atoms with van der Waals surface area (Å²) in [6, 6.07) is 22.5. The highest BCUT2D eigenvalue weighted by molar-refractivity contribution is 5.88. The van der Waals surface area contributed by atoms with Gasteiger partial charge in [-0.15, -0.1) is 0 Å². The van der Waals surface area contributed by atoms with E-state index in [1.807, 2.05) is 54.6 Å². The summed E-state index contributed by atoms with van der Waals surface area (Å²) in [5, 5.41) is 26.2. The zero-order chi connectivity index (χ0) is 21.9. The van der Waals surface area contributed by atoms with E-state index in [4.69, 9.17) is 15.6 Å². The van der Waals surface area contributed by atoms with Crippen molar-refractivity contribution in [3.63, 3.8) is 0 Å². The number of hydrogen-bond acceptors (Lipinski definition) is 6. The SMILES string of the molecule is CC(OO)c1ccc(C(OO)c2ccccc2)cc1.O=Cc1ccc(C(=O)O)cc1. The van der Waals surface area contributed by atoms with Crippen LogP contribution in [-0.4, -0.2) is 27.9 Å². The van der Waals surface area contributed by atoms with Crippen LogP contribution in [0.2, 0.25) is 0 Å². The van der Waals surface area contributed by atoms with Crippen LogP contribution in [0, 0.1) is 0 Å². The van der Waals surface area contributed by atoms with Crippen molar-refractivity contribution in [3.05, 3.63) is 107 Å². The molecule has 30 heavy (non-hydrogen) atoms. The topological polar surface area (TPSA) is 113 Å². The Morgan fingerprint density at radius 1 is 0.800 bits per heavy atom. The van der Waals surface area contributed by atoms with Crippen molar-refractivity contribution in [1.29, 1.82) is 0 Å². The van der Waals surface area contributed by atoms with E-state index in [1.54, 1.807) is 6.92 Å². The summed E-state index contributed by atoms with van der Waals surface area (Å²) in [6.45, 7) is 1.74. The molecule has 7 heteroatoms. The molecule has 0 saturated heterocycles. The van der Waals surface area contributed by atoms with E-state index in [9.17, 15) is 9.59 Å². The van der Waals surface area contributed by atoms with Gasteiger partial charge in [0.05, 0.1) is 5.56 Å². The Balaban J connectivity index is 0.000000248. The predicted octanol–water partition coefficient (Wildman–Crippen LogP) is 5.01. The molecule has 0 aliphatic heterocycles. The number of aldehydes is 1. The van der Waals surface area contributed by atoms with Crippen molar-refractivity contribution in [3.8, 4) is 0 Å². The molecule has 0 radical (unpaired) electrons. The molecule has 3 N–H and O–H groups in total. The lowest BCUT2D eigenvalue weighted by Crippen LogP contribution is -2.04. The number of aromatic carboxylic acids is 1. The van der Waals surface area contributed by atoms with Crippen LogP contribution >= 0.6 is 0 Å². The highest BCUT2D eigenvalue weighted by Crippen LogP contribution is 2.26. The van der Waals surface area contributed by atoms with Crippen molar-refractivity contribution < 1.29 is 35.0 Å². The normalized spacial score (nSPS) is 12.2. The molecular formula is C23H22O7. The van der Waals surface area contributed by atoms with Crippen LogP contribution < -0.4 is 0 Å². The van der Waals surface area contributed by atoms with Gasteiger partial charge in [-0.05, 0) is 35.7 Å². The number of rotatable bonds is 7. The molecule has 3 aromatic carbocycles. The second kappa shape index (κ2) is 11.6. The summed E-state index contributed by atoms with van der Waals surface area (Å²) in [5.74, 6) is -0.984. The van der Waals surface area contributed by atoms with Crippen LogP contribution in [-0.2, 0) is 9.78 Å². The van der Waals surface area contributed by atoms with Crippen molar-refractivity contribution in [2.24, 2.45) is 0 Å². The van der Waals surface area contributed by atoms with Gasteiger partial charge in [0, 0.05) is 5.56 Å². The molecule has 156 valence electrons. The third kappa shape index (κ3) is 6.33. The first-order valence-corrected chi connectivity index (χ1v) is 9.04. The van der Waals surface area contributed by atoms with Gasteiger partial charge in [-0.2, -0.15) is 0 Å². The van der Waals surface area contributed by atoms with Gasteiger partial charge in [0.1, 0.15) is 18.5 Å². The minimum absolute atomic E-state index is 0.190. The molecule has 0 aliphatic carbocycles. The molecule has 0 fully saturated rings. The lowest BCUT2D eigenvalue weighted by atomic mass is 9.99. The fraction of sp³-hybridized carbons (Fsp3) is 0.130. The highest BCUT2D eigenvalue weighted by atomic mass is 17.1. The van der Waals surface area contributed by atoms with Crippen LogP contribution in [0.25, 0.3) is 0 Å². The number of carboxylic acid groups (broad SMARTS) is 1. The van der Waals surface area contributed by atoms with Gasteiger partial charge in [0.2, 0.25) is 0 Å². The molecule has 3 rings (SSSR count). The zero-order valence-corrected chi connectivity index (χ0v) is 16.2. The van der Waals surface area contributed by atoms with E-state index < -0.39 is 12.1 Å². The lowest BCUT2D eigenvalue weighted by Gasteiger charge is -2.15. The van der Waals surface area contributed by atoms with Gasteiger partial charge < -0.3 is 5.11 Å². The minimum Gasteiger partial charge on any atom is -0.478 e. The summed E-state index contributed by atoms with van der Waals surface area (Å²) >= 11 is 0. The minimum atomic E-state index is -0.984. The van der Waals surface area contributed by atoms with Gasteiger partial charge >= 0.3 is 5.97 Å². The second-order valence-corrected chi connectivity index (χ2v) is 6.36. The van der Waals surface area contributed by atoms with Gasteiger partial charge in [0.25, 0.3) is 0 Å². The number of hydrogen-bond donors (Lipinski definition) is 3. The third-order valence-corrected chi connectivity index (χ3v) is 4.37. The average Bonchev–Trinajstić information content (AvgIpc) is 2.80. The third-order valence-electron chi connectivity index (χ3n) is 4.37. The molecule has 7 nitrogen and oxygen atoms in total. The first-order valence-electron chi connectivity index (χ1n) is 9.04. The molecule has 0 bridgehead atoms. The van der Waals surface area contributed by atoms with Crippen molar-refractivity contribution >= 4 is 12.3 Å². The molecule has 0 spiro atoms. The number of carbonyl (C=O) groups is 2. The zero-order valence-electron chi connectivity index (χ0n) is 16.2. The largest absolute Gasteiger partial charge is 0.478 e. The van der Waals surface area contributed by atoms with Gasteiger partial charge in [-0.1, -0.05) is 66.7 Å². The molecule has 3 aromatic rings. The maximum absolute atomic E-state index is 10.3. The molecule has 0 aromatic heterocycles. The standard InChI is InChI=1S/C15H16O4.C8H6O3/c1-11(18-16)12-7-9-14(10-8-12)15(19-17)13-5-3-2-4-6-13;9-5-6-1-3-7(4-2-6)8(10)11/h2-11,15-17H,1H3;1-5H,(H,10,11). The fourth-order valence-electron chi connectivity index (χ4n) is 2.65. The first-order chi connectivity index (χ1) is 14.5. The van der Waals surface area contributed by atoms with Crippen molar-refractivity contribution in [1.82, 2.24) is 0 Å². The summed E-state index contributed by atoms with van der Waals surface area (Å²) in [4.78, 5) is 29.3. The molecular weight excluding hydrogens is 388 g/mol. The Bertz CT molecular complexity index is 922. The lowest BCUT2D eigenvalue weighted by molar-refractivity contribution is -0.277.